The highest BCUT2D eigenvalue weighted by Gasteiger charge is 2.28. The summed E-state index contributed by atoms with van der Waals surface area (Å²) >= 11 is 0. The van der Waals surface area contributed by atoms with Crippen molar-refractivity contribution in [1.82, 2.24) is 0 Å². The molecule has 0 spiro atoms. The molecule has 1 aliphatic heterocycles. The summed E-state index contributed by atoms with van der Waals surface area (Å²) in [6.07, 6.45) is 0.861. The van der Waals surface area contributed by atoms with Crippen molar-refractivity contribution in [2.75, 3.05) is 11.4 Å². The van der Waals surface area contributed by atoms with Gasteiger partial charge in [-0.2, -0.15) is 8.78 Å². The maximum atomic E-state index is 13.9. The highest BCUT2D eigenvalue weighted by Crippen LogP contribution is 2.33. The molecule has 0 aliphatic carbocycles. The number of para-hydroxylation sites is 1. The van der Waals surface area contributed by atoms with E-state index in [4.69, 9.17) is 0 Å². The first-order chi connectivity index (χ1) is 11.5. The Hall–Kier alpha value is -2.57. The molecule has 2 aromatic carbocycles. The van der Waals surface area contributed by atoms with Crippen LogP contribution < -0.4 is 9.64 Å². The first kappa shape index (κ1) is 16.3. The lowest BCUT2D eigenvalue weighted by atomic mass is 9.99. The van der Waals surface area contributed by atoms with Crippen LogP contribution in [0.2, 0.25) is 0 Å². The number of fused-ring (bicyclic) bond motifs is 1. The van der Waals surface area contributed by atoms with Crippen molar-refractivity contribution in [3.8, 4) is 5.75 Å². The van der Waals surface area contributed by atoms with Gasteiger partial charge in [0.05, 0.1) is 11.3 Å². The summed E-state index contributed by atoms with van der Waals surface area (Å²) in [7, 11) is 0. The number of carbonyl (C=O) groups is 1. The molecular weight excluding hydrogens is 326 g/mol. The Morgan fingerprint density at radius 3 is 2.67 bits per heavy atom. The number of carbonyl (C=O) groups excluding carboxylic acids is 1. The molecule has 0 saturated carbocycles. The maximum absolute atomic E-state index is 13.9. The zero-order chi connectivity index (χ0) is 17.3. The minimum atomic E-state index is -3.08. The van der Waals surface area contributed by atoms with Crippen molar-refractivity contribution >= 4 is 11.6 Å². The molecule has 0 saturated heterocycles. The molecule has 0 unspecified atom stereocenters. The molecule has 3 rings (SSSR count). The topological polar surface area (TPSA) is 29.5 Å². The Labute approximate surface area is 135 Å². The SMILES string of the molecule is O=C(c1ccccc1OC(F)F)N1CCCc2c(F)cc(F)cc21. The molecule has 0 fully saturated rings. The highest BCUT2D eigenvalue weighted by molar-refractivity contribution is 6.08. The van der Waals surface area contributed by atoms with Crippen LogP contribution in [-0.4, -0.2) is 19.1 Å². The predicted octanol–water partition coefficient (Wildman–Crippen LogP) is 4.16. The van der Waals surface area contributed by atoms with Gasteiger partial charge in [-0.15, -0.1) is 0 Å². The van der Waals surface area contributed by atoms with Gasteiger partial charge >= 0.3 is 6.61 Å². The van der Waals surface area contributed by atoms with Crippen LogP contribution in [0.1, 0.15) is 22.3 Å². The lowest BCUT2D eigenvalue weighted by molar-refractivity contribution is -0.0501. The molecular formula is C17H13F4NO2. The Balaban J connectivity index is 2.02. The standard InChI is InChI=1S/C17H13F4NO2/c18-10-8-13(19)11-5-3-7-22(14(11)9-10)16(23)12-4-1-2-6-15(12)24-17(20)21/h1-2,4,6,8-9,17H,3,5,7H2. The zero-order valence-electron chi connectivity index (χ0n) is 12.4. The molecule has 0 N–H and O–H groups in total. The van der Waals surface area contributed by atoms with Crippen LogP contribution in [0.15, 0.2) is 36.4 Å². The number of rotatable bonds is 3. The van der Waals surface area contributed by atoms with E-state index in [-0.39, 0.29) is 29.1 Å². The average Bonchev–Trinajstić information content (AvgIpc) is 2.53. The summed E-state index contributed by atoms with van der Waals surface area (Å²) in [5.41, 5.74) is 0.272. The van der Waals surface area contributed by atoms with Gasteiger partial charge in [-0.25, -0.2) is 8.78 Å². The summed E-state index contributed by atoms with van der Waals surface area (Å²) in [5, 5.41) is 0. The molecule has 7 heteroatoms. The Morgan fingerprint density at radius 2 is 1.92 bits per heavy atom. The second kappa shape index (κ2) is 6.51. The number of nitrogens with zero attached hydrogens (tertiary/aromatic N) is 1. The van der Waals surface area contributed by atoms with Crippen LogP contribution in [-0.2, 0) is 6.42 Å². The fourth-order valence-corrected chi connectivity index (χ4v) is 2.81. The Bertz CT molecular complexity index is 779. The number of hydrogen-bond acceptors (Lipinski definition) is 2. The third kappa shape index (κ3) is 3.06. The van der Waals surface area contributed by atoms with E-state index >= 15 is 0 Å². The van der Waals surface area contributed by atoms with Gasteiger partial charge in [0.25, 0.3) is 5.91 Å². The van der Waals surface area contributed by atoms with Crippen molar-refractivity contribution in [2.24, 2.45) is 0 Å². The monoisotopic (exact) mass is 339 g/mol. The molecule has 24 heavy (non-hydrogen) atoms. The first-order valence-corrected chi connectivity index (χ1v) is 7.31. The van der Waals surface area contributed by atoms with E-state index in [1.165, 1.54) is 29.2 Å². The van der Waals surface area contributed by atoms with Crippen molar-refractivity contribution in [2.45, 2.75) is 19.5 Å². The summed E-state index contributed by atoms with van der Waals surface area (Å²) in [4.78, 5) is 13.9. The molecule has 0 bridgehead atoms. The molecule has 1 aliphatic rings. The quantitative estimate of drug-likeness (QED) is 0.786. The fourth-order valence-electron chi connectivity index (χ4n) is 2.81. The second-order valence-electron chi connectivity index (χ2n) is 5.32. The molecule has 126 valence electrons. The number of hydrogen-bond donors (Lipinski definition) is 0. The van der Waals surface area contributed by atoms with E-state index in [9.17, 15) is 22.4 Å². The van der Waals surface area contributed by atoms with Crippen LogP contribution in [0, 0.1) is 11.6 Å². The lowest BCUT2D eigenvalue weighted by Crippen LogP contribution is -2.36. The van der Waals surface area contributed by atoms with Gasteiger partial charge in [-0.3, -0.25) is 4.79 Å². The lowest BCUT2D eigenvalue weighted by Gasteiger charge is -2.30. The van der Waals surface area contributed by atoms with E-state index in [0.29, 0.717) is 12.8 Å². The third-order valence-corrected chi connectivity index (χ3v) is 3.81. The normalized spacial score (nSPS) is 13.8. The molecule has 1 amide bonds. The first-order valence-electron chi connectivity index (χ1n) is 7.31. The van der Waals surface area contributed by atoms with Crippen LogP contribution in [0.25, 0.3) is 0 Å². The molecule has 0 radical (unpaired) electrons. The molecule has 0 aromatic heterocycles. The number of amides is 1. The van der Waals surface area contributed by atoms with Gasteiger partial charge < -0.3 is 9.64 Å². The third-order valence-electron chi connectivity index (χ3n) is 3.81. The smallest absolute Gasteiger partial charge is 0.387 e. The second-order valence-corrected chi connectivity index (χ2v) is 5.32. The largest absolute Gasteiger partial charge is 0.434 e. The average molecular weight is 339 g/mol. The number of alkyl halides is 2. The number of anilines is 1. The Morgan fingerprint density at radius 1 is 1.17 bits per heavy atom. The summed E-state index contributed by atoms with van der Waals surface area (Å²) in [5.74, 6) is -2.44. The van der Waals surface area contributed by atoms with Crippen molar-refractivity contribution in [3.63, 3.8) is 0 Å². The zero-order valence-corrected chi connectivity index (χ0v) is 12.4. The van der Waals surface area contributed by atoms with Gasteiger partial charge in [0.15, 0.2) is 0 Å². The summed E-state index contributed by atoms with van der Waals surface area (Å²) in [6.45, 7) is -2.85. The van der Waals surface area contributed by atoms with Crippen molar-refractivity contribution < 1.29 is 27.1 Å². The van der Waals surface area contributed by atoms with Crippen LogP contribution in [0.5, 0.6) is 5.75 Å². The fraction of sp³-hybridized carbons (Fsp3) is 0.235. The molecule has 1 heterocycles. The molecule has 0 atom stereocenters. The number of benzene rings is 2. The minimum Gasteiger partial charge on any atom is -0.434 e. The van der Waals surface area contributed by atoms with E-state index in [1.54, 1.807) is 0 Å². The van der Waals surface area contributed by atoms with Gasteiger partial charge in [-0.1, -0.05) is 12.1 Å². The van der Waals surface area contributed by atoms with Crippen LogP contribution in [0.4, 0.5) is 23.2 Å². The number of ether oxygens (including phenoxy) is 1. The van der Waals surface area contributed by atoms with Gasteiger partial charge in [-0.05, 0) is 31.0 Å². The van der Waals surface area contributed by atoms with Crippen LogP contribution in [0.3, 0.4) is 0 Å². The van der Waals surface area contributed by atoms with Gasteiger partial charge in [0.1, 0.15) is 17.4 Å². The van der Waals surface area contributed by atoms with E-state index < -0.39 is 24.2 Å². The van der Waals surface area contributed by atoms with Crippen LogP contribution >= 0.6 is 0 Å². The number of halogens is 4. The minimum absolute atomic E-state index is 0.0877. The molecule has 2 aromatic rings. The predicted molar refractivity (Wildman–Crippen MR) is 79.4 cm³/mol. The van der Waals surface area contributed by atoms with E-state index in [0.717, 1.165) is 12.1 Å². The summed E-state index contributed by atoms with van der Waals surface area (Å²) in [6, 6.07) is 7.38. The summed E-state index contributed by atoms with van der Waals surface area (Å²) < 4.78 is 56.8. The molecule has 3 nitrogen and oxygen atoms in total. The van der Waals surface area contributed by atoms with Gasteiger partial charge in [0.2, 0.25) is 0 Å². The van der Waals surface area contributed by atoms with E-state index in [2.05, 4.69) is 4.74 Å². The Kier molecular flexibility index (Phi) is 4.42. The highest BCUT2D eigenvalue weighted by atomic mass is 19.3. The van der Waals surface area contributed by atoms with Crippen molar-refractivity contribution in [3.05, 3.63) is 59.2 Å². The maximum Gasteiger partial charge on any atom is 0.387 e. The van der Waals surface area contributed by atoms with Crippen molar-refractivity contribution in [1.29, 1.82) is 0 Å². The van der Waals surface area contributed by atoms with Gasteiger partial charge in [0, 0.05) is 18.2 Å². The van der Waals surface area contributed by atoms with E-state index in [1.807, 2.05) is 0 Å².